The molecule has 0 bridgehead atoms. The third-order valence-corrected chi connectivity index (χ3v) is 3.78. The molecule has 1 aliphatic heterocycles. The van der Waals surface area contributed by atoms with Gasteiger partial charge in [0.25, 0.3) is 0 Å². The Bertz CT molecular complexity index is 325. The van der Waals surface area contributed by atoms with Crippen LogP contribution in [0.15, 0.2) is 24.4 Å². The summed E-state index contributed by atoms with van der Waals surface area (Å²) in [5, 5.41) is 3.42. The second-order valence-electron chi connectivity index (χ2n) is 5.06. The SMILES string of the molecule is CC(c1ccccn1)N(C)CC1CCNCC1.Cl. The number of halogens is 1. The van der Waals surface area contributed by atoms with Crippen molar-refractivity contribution in [3.63, 3.8) is 0 Å². The second kappa shape index (κ2) is 7.72. The molecule has 1 aromatic heterocycles. The molecule has 1 aliphatic rings. The topological polar surface area (TPSA) is 28.2 Å². The van der Waals surface area contributed by atoms with E-state index >= 15 is 0 Å². The van der Waals surface area contributed by atoms with E-state index in [1.54, 1.807) is 0 Å². The Kier molecular flexibility index (Phi) is 6.61. The third kappa shape index (κ3) is 4.23. The van der Waals surface area contributed by atoms with Gasteiger partial charge in [0, 0.05) is 18.8 Å². The molecular weight excluding hydrogens is 246 g/mol. The molecule has 0 spiro atoms. The van der Waals surface area contributed by atoms with Crippen molar-refractivity contribution in [2.75, 3.05) is 26.7 Å². The molecule has 0 aromatic carbocycles. The maximum Gasteiger partial charge on any atom is 0.0572 e. The van der Waals surface area contributed by atoms with Gasteiger partial charge in [0.1, 0.15) is 0 Å². The zero-order valence-corrected chi connectivity index (χ0v) is 12.1. The molecule has 1 fully saturated rings. The van der Waals surface area contributed by atoms with Gasteiger partial charge < -0.3 is 5.32 Å². The van der Waals surface area contributed by atoms with E-state index in [9.17, 15) is 0 Å². The summed E-state index contributed by atoms with van der Waals surface area (Å²) in [6.07, 6.45) is 4.49. The van der Waals surface area contributed by atoms with Crippen LogP contribution in [0.1, 0.15) is 31.5 Å². The van der Waals surface area contributed by atoms with Gasteiger partial charge in [0.05, 0.1) is 5.69 Å². The Morgan fingerprint density at radius 3 is 2.72 bits per heavy atom. The van der Waals surface area contributed by atoms with E-state index in [1.807, 2.05) is 12.3 Å². The van der Waals surface area contributed by atoms with Gasteiger partial charge in [-0.25, -0.2) is 0 Å². The van der Waals surface area contributed by atoms with Crippen molar-refractivity contribution < 1.29 is 0 Å². The van der Waals surface area contributed by atoms with Crippen molar-refractivity contribution >= 4 is 12.4 Å². The quantitative estimate of drug-likeness (QED) is 0.910. The van der Waals surface area contributed by atoms with Crippen LogP contribution in [0.2, 0.25) is 0 Å². The molecule has 1 unspecified atom stereocenters. The minimum absolute atomic E-state index is 0. The number of rotatable bonds is 4. The van der Waals surface area contributed by atoms with Crippen molar-refractivity contribution in [2.45, 2.75) is 25.8 Å². The summed E-state index contributed by atoms with van der Waals surface area (Å²) in [7, 11) is 2.21. The molecule has 1 saturated heterocycles. The largest absolute Gasteiger partial charge is 0.317 e. The molecule has 4 heteroatoms. The van der Waals surface area contributed by atoms with Crippen LogP contribution < -0.4 is 5.32 Å². The van der Waals surface area contributed by atoms with Crippen LogP contribution in [0.25, 0.3) is 0 Å². The van der Waals surface area contributed by atoms with Crippen molar-refractivity contribution in [1.82, 2.24) is 15.2 Å². The Labute approximate surface area is 116 Å². The normalized spacial score (nSPS) is 18.4. The number of hydrogen-bond acceptors (Lipinski definition) is 3. The molecule has 18 heavy (non-hydrogen) atoms. The van der Waals surface area contributed by atoms with Gasteiger partial charge in [0.15, 0.2) is 0 Å². The minimum atomic E-state index is 0. The lowest BCUT2D eigenvalue weighted by Crippen LogP contribution is -2.35. The minimum Gasteiger partial charge on any atom is -0.317 e. The van der Waals surface area contributed by atoms with Gasteiger partial charge >= 0.3 is 0 Å². The number of aromatic nitrogens is 1. The predicted molar refractivity (Wildman–Crippen MR) is 78.1 cm³/mol. The summed E-state index contributed by atoms with van der Waals surface area (Å²) in [4.78, 5) is 6.87. The fraction of sp³-hybridized carbons (Fsp3) is 0.643. The number of piperidine rings is 1. The van der Waals surface area contributed by atoms with Crippen LogP contribution in [0.3, 0.4) is 0 Å². The lowest BCUT2D eigenvalue weighted by molar-refractivity contribution is 0.194. The molecule has 0 amide bonds. The predicted octanol–water partition coefficient (Wildman–Crippen LogP) is 2.50. The summed E-state index contributed by atoms with van der Waals surface area (Å²) in [6.45, 7) is 5.77. The highest BCUT2D eigenvalue weighted by molar-refractivity contribution is 5.85. The third-order valence-electron chi connectivity index (χ3n) is 3.78. The average Bonchev–Trinajstić information content (AvgIpc) is 2.40. The Hall–Kier alpha value is -0.640. The van der Waals surface area contributed by atoms with Crippen molar-refractivity contribution in [1.29, 1.82) is 0 Å². The van der Waals surface area contributed by atoms with E-state index < -0.39 is 0 Å². The first kappa shape index (κ1) is 15.4. The number of pyridine rings is 1. The molecule has 1 N–H and O–H groups in total. The maximum absolute atomic E-state index is 4.44. The van der Waals surface area contributed by atoms with E-state index in [1.165, 1.54) is 38.2 Å². The lowest BCUT2D eigenvalue weighted by Gasteiger charge is -2.31. The van der Waals surface area contributed by atoms with E-state index in [-0.39, 0.29) is 12.4 Å². The summed E-state index contributed by atoms with van der Waals surface area (Å²) in [5.74, 6) is 0.840. The van der Waals surface area contributed by atoms with Gasteiger partial charge in [-0.15, -0.1) is 12.4 Å². The highest BCUT2D eigenvalue weighted by Gasteiger charge is 2.19. The zero-order valence-electron chi connectivity index (χ0n) is 11.3. The molecule has 3 nitrogen and oxygen atoms in total. The van der Waals surface area contributed by atoms with Gasteiger partial charge in [-0.2, -0.15) is 0 Å². The molecule has 102 valence electrons. The highest BCUT2D eigenvalue weighted by atomic mass is 35.5. The van der Waals surface area contributed by atoms with Gasteiger partial charge in [-0.3, -0.25) is 9.88 Å². The first-order valence-corrected chi connectivity index (χ1v) is 6.59. The average molecular weight is 270 g/mol. The van der Waals surface area contributed by atoms with E-state index in [0.29, 0.717) is 6.04 Å². The molecule has 2 heterocycles. The molecule has 1 aromatic rings. The smallest absolute Gasteiger partial charge is 0.0572 e. The van der Waals surface area contributed by atoms with Crippen LogP contribution in [0, 0.1) is 5.92 Å². The first-order valence-electron chi connectivity index (χ1n) is 6.59. The zero-order chi connectivity index (χ0) is 12.1. The van der Waals surface area contributed by atoms with Crippen molar-refractivity contribution in [2.24, 2.45) is 5.92 Å². The first-order chi connectivity index (χ1) is 8.27. The second-order valence-corrected chi connectivity index (χ2v) is 5.06. The number of hydrogen-bond donors (Lipinski definition) is 1. The van der Waals surface area contributed by atoms with Crippen LogP contribution in [0.5, 0.6) is 0 Å². The summed E-state index contributed by atoms with van der Waals surface area (Å²) in [6, 6.07) is 6.56. The highest BCUT2D eigenvalue weighted by Crippen LogP contribution is 2.20. The van der Waals surface area contributed by atoms with E-state index in [2.05, 4.69) is 41.3 Å². The van der Waals surface area contributed by atoms with Gasteiger partial charge in [0.2, 0.25) is 0 Å². The monoisotopic (exact) mass is 269 g/mol. The summed E-state index contributed by atoms with van der Waals surface area (Å²) >= 11 is 0. The maximum atomic E-state index is 4.44. The van der Waals surface area contributed by atoms with Gasteiger partial charge in [-0.1, -0.05) is 6.07 Å². The van der Waals surface area contributed by atoms with Gasteiger partial charge in [-0.05, 0) is 58.0 Å². The standard InChI is InChI=1S/C14H23N3.ClH/c1-12(14-5-3-4-8-16-14)17(2)11-13-6-9-15-10-7-13;/h3-5,8,12-13,15H,6-7,9-11H2,1-2H3;1H. The fourth-order valence-corrected chi connectivity index (χ4v) is 2.48. The lowest BCUT2D eigenvalue weighted by atomic mass is 9.97. The Balaban J connectivity index is 0.00000162. The van der Waals surface area contributed by atoms with Crippen LogP contribution in [-0.2, 0) is 0 Å². The summed E-state index contributed by atoms with van der Waals surface area (Å²) < 4.78 is 0. The van der Waals surface area contributed by atoms with Crippen LogP contribution in [0.4, 0.5) is 0 Å². The van der Waals surface area contributed by atoms with E-state index in [0.717, 1.165) is 5.92 Å². The Morgan fingerprint density at radius 2 is 2.11 bits per heavy atom. The Morgan fingerprint density at radius 1 is 1.39 bits per heavy atom. The molecule has 0 saturated carbocycles. The molecule has 0 aliphatic carbocycles. The van der Waals surface area contributed by atoms with Crippen molar-refractivity contribution in [3.8, 4) is 0 Å². The van der Waals surface area contributed by atoms with Crippen LogP contribution >= 0.6 is 12.4 Å². The molecule has 1 atom stereocenters. The van der Waals surface area contributed by atoms with Crippen molar-refractivity contribution in [3.05, 3.63) is 30.1 Å². The number of nitrogens with zero attached hydrogens (tertiary/aromatic N) is 2. The fourth-order valence-electron chi connectivity index (χ4n) is 2.48. The number of nitrogens with one attached hydrogen (secondary N) is 1. The molecule has 0 radical (unpaired) electrons. The summed E-state index contributed by atoms with van der Waals surface area (Å²) in [5.41, 5.74) is 1.17. The van der Waals surface area contributed by atoms with Crippen LogP contribution in [-0.4, -0.2) is 36.6 Å². The van der Waals surface area contributed by atoms with E-state index in [4.69, 9.17) is 0 Å². The molecular formula is C14H24ClN3. The molecule has 2 rings (SSSR count).